The highest BCUT2D eigenvalue weighted by Crippen LogP contribution is 2.25. The van der Waals surface area contributed by atoms with Gasteiger partial charge in [0.25, 0.3) is 5.91 Å². The number of carbonyl (C=O) groups is 2. The first-order valence-electron chi connectivity index (χ1n) is 11.1. The summed E-state index contributed by atoms with van der Waals surface area (Å²) >= 11 is 0. The van der Waals surface area contributed by atoms with Crippen molar-refractivity contribution in [1.29, 1.82) is 0 Å². The predicted molar refractivity (Wildman–Crippen MR) is 123 cm³/mol. The van der Waals surface area contributed by atoms with Gasteiger partial charge in [0.05, 0.1) is 7.11 Å². The smallest absolute Gasteiger partial charge is 0.327 e. The highest BCUT2D eigenvalue weighted by molar-refractivity contribution is 5.94. The quantitative estimate of drug-likeness (QED) is 0.608. The van der Waals surface area contributed by atoms with Crippen molar-refractivity contribution in [2.75, 3.05) is 51.3 Å². The Hall–Kier alpha value is -2.86. The van der Waals surface area contributed by atoms with Crippen molar-refractivity contribution >= 4 is 17.6 Å². The zero-order chi connectivity index (χ0) is 22.2. The Morgan fingerprint density at radius 3 is 2.16 bits per heavy atom. The molecule has 2 aromatic carbocycles. The molecule has 1 aliphatic heterocycles. The minimum absolute atomic E-state index is 0.0875. The van der Waals surface area contributed by atoms with Crippen LogP contribution in [0.15, 0.2) is 54.6 Å². The maximum Gasteiger partial charge on any atom is 0.327 e. The Bertz CT molecular complexity index is 846. The number of piperazine rings is 1. The lowest BCUT2D eigenvalue weighted by atomic mass is 10.0. The van der Waals surface area contributed by atoms with Gasteiger partial charge in [-0.2, -0.15) is 0 Å². The van der Waals surface area contributed by atoms with Crippen molar-refractivity contribution in [1.82, 2.24) is 9.80 Å². The zero-order valence-electron chi connectivity index (χ0n) is 18.8. The summed E-state index contributed by atoms with van der Waals surface area (Å²) in [4.78, 5) is 31.5. The maximum atomic E-state index is 12.7. The van der Waals surface area contributed by atoms with Crippen LogP contribution in [-0.2, 0) is 9.53 Å². The van der Waals surface area contributed by atoms with Crippen LogP contribution in [0.5, 0.6) is 0 Å². The molecule has 1 amide bonds. The first-order valence-corrected chi connectivity index (χ1v) is 11.1. The Balaban J connectivity index is 1.65. The Morgan fingerprint density at radius 2 is 1.61 bits per heavy atom. The molecule has 1 unspecified atom stereocenters. The second kappa shape index (κ2) is 11.0. The van der Waals surface area contributed by atoms with E-state index in [9.17, 15) is 9.59 Å². The normalized spacial score (nSPS) is 15.4. The number of methoxy groups -OCH3 is 1. The molecule has 0 bridgehead atoms. The summed E-state index contributed by atoms with van der Waals surface area (Å²) < 4.78 is 5.08. The van der Waals surface area contributed by atoms with E-state index in [0.717, 1.165) is 62.5 Å². The molecule has 6 heteroatoms. The van der Waals surface area contributed by atoms with E-state index < -0.39 is 0 Å². The summed E-state index contributed by atoms with van der Waals surface area (Å²) in [5.74, 6) is -0.139. The van der Waals surface area contributed by atoms with Gasteiger partial charge in [0.2, 0.25) is 0 Å². The summed E-state index contributed by atoms with van der Waals surface area (Å²) in [7, 11) is 1.44. The number of hydrogen-bond acceptors (Lipinski definition) is 5. The number of ether oxygens (including phenoxy) is 1. The molecule has 0 spiro atoms. The van der Waals surface area contributed by atoms with Crippen LogP contribution in [0, 0.1) is 0 Å². The van der Waals surface area contributed by atoms with Crippen molar-refractivity contribution in [3.63, 3.8) is 0 Å². The molecule has 3 rings (SSSR count). The van der Waals surface area contributed by atoms with Gasteiger partial charge in [-0.25, -0.2) is 4.79 Å². The Kier molecular flexibility index (Phi) is 8.06. The molecule has 2 aromatic rings. The number of benzene rings is 2. The van der Waals surface area contributed by atoms with Gasteiger partial charge < -0.3 is 14.5 Å². The molecule has 0 saturated carbocycles. The molecule has 1 atom stereocenters. The van der Waals surface area contributed by atoms with Gasteiger partial charge in [0.1, 0.15) is 6.04 Å². The molecular weight excluding hydrogens is 390 g/mol. The molecule has 0 N–H and O–H groups in total. The molecule has 1 aliphatic rings. The molecule has 0 aliphatic carbocycles. The van der Waals surface area contributed by atoms with Crippen LogP contribution >= 0.6 is 0 Å². The number of rotatable bonds is 8. The predicted octanol–water partition coefficient (Wildman–Crippen LogP) is 3.60. The van der Waals surface area contributed by atoms with Crippen molar-refractivity contribution in [2.24, 2.45) is 0 Å². The van der Waals surface area contributed by atoms with Gasteiger partial charge >= 0.3 is 5.97 Å². The highest BCUT2D eigenvalue weighted by atomic mass is 16.5. The van der Waals surface area contributed by atoms with Crippen LogP contribution < -0.4 is 4.90 Å². The van der Waals surface area contributed by atoms with E-state index in [1.165, 1.54) is 7.11 Å². The third kappa shape index (κ3) is 5.44. The van der Waals surface area contributed by atoms with E-state index in [0.29, 0.717) is 0 Å². The number of hydrogen-bond donors (Lipinski definition) is 0. The summed E-state index contributed by atoms with van der Waals surface area (Å²) in [6.07, 6.45) is 0.956. The van der Waals surface area contributed by atoms with E-state index in [2.05, 4.69) is 16.7 Å². The number of nitrogens with zero attached hydrogens (tertiary/aromatic N) is 3. The van der Waals surface area contributed by atoms with Crippen LogP contribution in [-0.4, -0.2) is 68.1 Å². The summed E-state index contributed by atoms with van der Waals surface area (Å²) in [5, 5.41) is 0. The standard InChI is InChI=1S/C25H33N3O3/c1-4-15-26(5-2)24(29)21-11-13-22(14-12-21)27-16-18-28(19-17-27)23(25(30)31-3)20-9-7-6-8-10-20/h6-14,23H,4-5,15-19H2,1-3H3. The van der Waals surface area contributed by atoms with Crippen LogP contribution in [0.1, 0.15) is 42.2 Å². The fourth-order valence-electron chi connectivity index (χ4n) is 4.15. The minimum atomic E-state index is -0.382. The first-order chi connectivity index (χ1) is 15.1. The first kappa shape index (κ1) is 22.8. The van der Waals surface area contributed by atoms with Gasteiger partial charge in [0.15, 0.2) is 0 Å². The maximum absolute atomic E-state index is 12.7. The number of amides is 1. The summed E-state index contributed by atoms with van der Waals surface area (Å²) in [5.41, 5.74) is 2.79. The van der Waals surface area contributed by atoms with Crippen molar-refractivity contribution in [3.8, 4) is 0 Å². The van der Waals surface area contributed by atoms with Gasteiger partial charge in [-0.1, -0.05) is 37.3 Å². The van der Waals surface area contributed by atoms with E-state index in [4.69, 9.17) is 4.74 Å². The van der Waals surface area contributed by atoms with Gasteiger partial charge in [-0.05, 0) is 43.2 Å². The molecule has 31 heavy (non-hydrogen) atoms. The van der Waals surface area contributed by atoms with Crippen molar-refractivity contribution in [3.05, 3.63) is 65.7 Å². The van der Waals surface area contributed by atoms with Gasteiger partial charge in [-0.3, -0.25) is 9.69 Å². The van der Waals surface area contributed by atoms with Gasteiger partial charge in [-0.15, -0.1) is 0 Å². The molecule has 166 valence electrons. The molecule has 0 radical (unpaired) electrons. The van der Waals surface area contributed by atoms with E-state index in [1.807, 2.05) is 66.4 Å². The highest BCUT2D eigenvalue weighted by Gasteiger charge is 2.31. The van der Waals surface area contributed by atoms with Gasteiger partial charge in [0, 0.05) is 50.5 Å². The SMILES string of the molecule is CCCN(CC)C(=O)c1ccc(N2CCN(C(C(=O)OC)c3ccccc3)CC2)cc1. The second-order valence-electron chi connectivity index (χ2n) is 7.79. The minimum Gasteiger partial charge on any atom is -0.468 e. The van der Waals surface area contributed by atoms with Crippen molar-refractivity contribution < 1.29 is 14.3 Å². The lowest BCUT2D eigenvalue weighted by molar-refractivity contribution is -0.147. The molecule has 1 fully saturated rings. The largest absolute Gasteiger partial charge is 0.468 e. The second-order valence-corrected chi connectivity index (χ2v) is 7.79. The zero-order valence-corrected chi connectivity index (χ0v) is 18.8. The van der Waals surface area contributed by atoms with Crippen LogP contribution in [0.25, 0.3) is 0 Å². The summed E-state index contributed by atoms with van der Waals surface area (Å²) in [6.45, 7) is 8.74. The monoisotopic (exact) mass is 423 g/mol. The third-order valence-corrected chi connectivity index (χ3v) is 5.86. The van der Waals surface area contributed by atoms with E-state index in [1.54, 1.807) is 0 Å². The Morgan fingerprint density at radius 1 is 0.968 bits per heavy atom. The molecule has 0 aromatic heterocycles. The van der Waals surface area contributed by atoms with Crippen molar-refractivity contribution in [2.45, 2.75) is 26.3 Å². The third-order valence-electron chi connectivity index (χ3n) is 5.86. The van der Waals surface area contributed by atoms with E-state index in [-0.39, 0.29) is 17.9 Å². The molecular formula is C25H33N3O3. The van der Waals surface area contributed by atoms with Crippen LogP contribution in [0.2, 0.25) is 0 Å². The average molecular weight is 424 g/mol. The van der Waals surface area contributed by atoms with E-state index >= 15 is 0 Å². The topological polar surface area (TPSA) is 53.1 Å². The number of esters is 1. The Labute approximate surface area is 185 Å². The molecule has 1 heterocycles. The average Bonchev–Trinajstić information content (AvgIpc) is 2.83. The molecule has 6 nitrogen and oxygen atoms in total. The summed E-state index contributed by atoms with van der Waals surface area (Å²) in [6, 6.07) is 17.3. The lowest BCUT2D eigenvalue weighted by Gasteiger charge is -2.39. The molecule has 1 saturated heterocycles. The number of anilines is 1. The lowest BCUT2D eigenvalue weighted by Crippen LogP contribution is -2.49. The van der Waals surface area contributed by atoms with Crippen LogP contribution in [0.3, 0.4) is 0 Å². The fraction of sp³-hybridized carbons (Fsp3) is 0.440. The van der Waals surface area contributed by atoms with Crippen LogP contribution in [0.4, 0.5) is 5.69 Å². The number of carbonyl (C=O) groups excluding carboxylic acids is 2. The fourth-order valence-corrected chi connectivity index (χ4v) is 4.15.